The van der Waals surface area contributed by atoms with Crippen molar-refractivity contribution in [2.24, 2.45) is 5.41 Å². The van der Waals surface area contributed by atoms with Gasteiger partial charge in [-0.05, 0) is 24.3 Å². The first kappa shape index (κ1) is 8.91. The van der Waals surface area contributed by atoms with Crippen molar-refractivity contribution in [2.75, 3.05) is 6.61 Å². The summed E-state index contributed by atoms with van der Waals surface area (Å²) in [5.41, 5.74) is 0.293. The Morgan fingerprint density at radius 2 is 2.46 bits per heavy atom. The molecule has 13 heavy (non-hydrogen) atoms. The Kier molecular flexibility index (Phi) is 2.00. The maximum Gasteiger partial charge on any atom is 0.172 e. The van der Waals surface area contributed by atoms with E-state index in [4.69, 9.17) is 5.11 Å². The van der Waals surface area contributed by atoms with Crippen molar-refractivity contribution in [3.05, 3.63) is 21.9 Å². The van der Waals surface area contributed by atoms with Crippen LogP contribution in [0.2, 0.25) is 0 Å². The van der Waals surface area contributed by atoms with Crippen LogP contribution in [0.3, 0.4) is 0 Å². The summed E-state index contributed by atoms with van der Waals surface area (Å²) >= 11 is 1.64. The van der Waals surface area contributed by atoms with Gasteiger partial charge in [0.25, 0.3) is 0 Å². The van der Waals surface area contributed by atoms with Crippen LogP contribution in [0.5, 0.6) is 0 Å². The molecule has 3 heteroatoms. The number of aliphatic hydroxyl groups is 1. The number of Topliss-reactive ketones (excluding diaryl/α,β-unsaturated/α-hetero) is 1. The van der Waals surface area contributed by atoms with Gasteiger partial charge in [-0.1, -0.05) is 6.92 Å². The summed E-state index contributed by atoms with van der Waals surface area (Å²) in [4.78, 5) is 13.1. The highest BCUT2D eigenvalue weighted by atomic mass is 32.1. The third-order valence-electron chi connectivity index (χ3n) is 2.79. The quantitative estimate of drug-likeness (QED) is 0.744. The van der Waals surface area contributed by atoms with Crippen molar-refractivity contribution in [1.29, 1.82) is 0 Å². The Morgan fingerprint density at radius 1 is 1.69 bits per heavy atom. The first-order chi connectivity index (χ1) is 6.17. The van der Waals surface area contributed by atoms with Crippen molar-refractivity contribution in [1.82, 2.24) is 0 Å². The highest BCUT2D eigenvalue weighted by Crippen LogP contribution is 2.36. The summed E-state index contributed by atoms with van der Waals surface area (Å²) in [6.07, 6.45) is 1.70. The molecule has 0 aromatic carbocycles. The molecule has 1 aliphatic rings. The van der Waals surface area contributed by atoms with Gasteiger partial charge in [0.05, 0.1) is 12.0 Å². The number of aryl methyl sites for hydroxylation is 1. The van der Waals surface area contributed by atoms with E-state index in [0.29, 0.717) is 0 Å². The third kappa shape index (κ3) is 1.23. The zero-order valence-corrected chi connectivity index (χ0v) is 8.36. The van der Waals surface area contributed by atoms with E-state index >= 15 is 0 Å². The second kappa shape index (κ2) is 2.93. The lowest BCUT2D eigenvalue weighted by Crippen LogP contribution is -2.35. The number of ketones is 1. The van der Waals surface area contributed by atoms with Gasteiger partial charge in [0, 0.05) is 10.4 Å². The fraction of sp³-hybridized carbons (Fsp3) is 0.500. The lowest BCUT2D eigenvalue weighted by atomic mass is 9.75. The minimum Gasteiger partial charge on any atom is -0.395 e. The summed E-state index contributed by atoms with van der Waals surface area (Å²) < 4.78 is 0. The largest absolute Gasteiger partial charge is 0.395 e. The maximum atomic E-state index is 11.9. The fourth-order valence-corrected chi connectivity index (χ4v) is 2.59. The van der Waals surface area contributed by atoms with E-state index in [1.165, 1.54) is 4.88 Å². The predicted molar refractivity (Wildman–Crippen MR) is 52.2 cm³/mol. The number of carbonyl (C=O) groups excluding carboxylic acids is 1. The molecule has 2 nitrogen and oxygen atoms in total. The van der Waals surface area contributed by atoms with Crippen LogP contribution in [-0.4, -0.2) is 17.5 Å². The SMILES string of the molecule is CC1(CO)CCc2sccc2C1=O. The van der Waals surface area contributed by atoms with E-state index in [1.807, 2.05) is 18.4 Å². The Balaban J connectivity index is 2.43. The van der Waals surface area contributed by atoms with Crippen molar-refractivity contribution in [2.45, 2.75) is 19.8 Å². The van der Waals surface area contributed by atoms with Gasteiger partial charge in [-0.2, -0.15) is 0 Å². The Bertz CT molecular complexity index is 342. The molecule has 1 aromatic rings. The lowest BCUT2D eigenvalue weighted by Gasteiger charge is -2.29. The lowest BCUT2D eigenvalue weighted by molar-refractivity contribution is 0.0643. The summed E-state index contributed by atoms with van der Waals surface area (Å²) in [6, 6.07) is 1.87. The molecule has 1 aliphatic carbocycles. The molecule has 1 unspecified atom stereocenters. The van der Waals surface area contributed by atoms with E-state index < -0.39 is 5.41 Å². The minimum atomic E-state index is -0.534. The molecule has 0 radical (unpaired) electrons. The Labute approximate surface area is 81.2 Å². The van der Waals surface area contributed by atoms with Gasteiger partial charge >= 0.3 is 0 Å². The topological polar surface area (TPSA) is 37.3 Å². The molecule has 2 rings (SSSR count). The fourth-order valence-electron chi connectivity index (χ4n) is 1.72. The normalized spacial score (nSPS) is 27.4. The van der Waals surface area contributed by atoms with Gasteiger partial charge in [-0.3, -0.25) is 4.79 Å². The van der Waals surface area contributed by atoms with E-state index in [9.17, 15) is 4.79 Å². The summed E-state index contributed by atoms with van der Waals surface area (Å²) in [6.45, 7) is 1.80. The van der Waals surface area contributed by atoms with E-state index in [-0.39, 0.29) is 12.4 Å². The molecule has 0 saturated carbocycles. The van der Waals surface area contributed by atoms with Crippen molar-refractivity contribution in [3.8, 4) is 0 Å². The number of hydrogen-bond acceptors (Lipinski definition) is 3. The van der Waals surface area contributed by atoms with Gasteiger partial charge in [0.1, 0.15) is 0 Å². The van der Waals surface area contributed by atoms with Gasteiger partial charge in [0.15, 0.2) is 5.78 Å². The number of aliphatic hydroxyl groups excluding tert-OH is 1. The van der Waals surface area contributed by atoms with E-state index in [2.05, 4.69) is 0 Å². The molecule has 0 saturated heterocycles. The van der Waals surface area contributed by atoms with E-state index in [0.717, 1.165) is 18.4 Å². The number of thiophene rings is 1. The second-order valence-electron chi connectivity index (χ2n) is 3.81. The van der Waals surface area contributed by atoms with Gasteiger partial charge < -0.3 is 5.11 Å². The first-order valence-electron chi connectivity index (χ1n) is 4.39. The molecule has 1 atom stereocenters. The molecule has 0 amide bonds. The van der Waals surface area contributed by atoms with Crippen LogP contribution in [-0.2, 0) is 6.42 Å². The monoisotopic (exact) mass is 196 g/mol. The zero-order chi connectivity index (χ0) is 9.47. The average molecular weight is 196 g/mol. The molecule has 1 N–H and O–H groups in total. The van der Waals surface area contributed by atoms with Crippen LogP contribution in [0.15, 0.2) is 11.4 Å². The van der Waals surface area contributed by atoms with E-state index in [1.54, 1.807) is 11.3 Å². The van der Waals surface area contributed by atoms with Gasteiger partial charge in [0.2, 0.25) is 0 Å². The smallest absolute Gasteiger partial charge is 0.172 e. The molecule has 1 heterocycles. The number of hydrogen-bond donors (Lipinski definition) is 1. The first-order valence-corrected chi connectivity index (χ1v) is 5.27. The molecule has 0 spiro atoms. The van der Waals surface area contributed by atoms with Crippen molar-refractivity contribution >= 4 is 17.1 Å². The standard InChI is InChI=1S/C10H12O2S/c1-10(6-11)4-2-8-7(9(10)12)3-5-13-8/h3,5,11H,2,4,6H2,1H3. The molecular weight excluding hydrogens is 184 g/mol. The van der Waals surface area contributed by atoms with Crippen LogP contribution < -0.4 is 0 Å². The maximum absolute atomic E-state index is 11.9. The van der Waals surface area contributed by atoms with Gasteiger partial charge in [-0.15, -0.1) is 11.3 Å². The number of carbonyl (C=O) groups is 1. The summed E-state index contributed by atoms with van der Waals surface area (Å²) in [7, 11) is 0. The highest BCUT2D eigenvalue weighted by Gasteiger charge is 2.38. The van der Waals surface area contributed by atoms with Crippen LogP contribution in [0.4, 0.5) is 0 Å². The molecular formula is C10H12O2S. The average Bonchev–Trinajstić information content (AvgIpc) is 2.60. The van der Waals surface area contributed by atoms with Crippen LogP contribution >= 0.6 is 11.3 Å². The van der Waals surface area contributed by atoms with Crippen LogP contribution in [0.1, 0.15) is 28.6 Å². The Morgan fingerprint density at radius 3 is 3.15 bits per heavy atom. The Hall–Kier alpha value is -0.670. The number of rotatable bonds is 1. The molecule has 0 fully saturated rings. The highest BCUT2D eigenvalue weighted by molar-refractivity contribution is 7.10. The third-order valence-corrected chi connectivity index (χ3v) is 3.77. The minimum absolute atomic E-state index is 0.0406. The van der Waals surface area contributed by atoms with Crippen LogP contribution in [0, 0.1) is 5.41 Å². The predicted octanol–water partition coefficient (Wildman–Crippen LogP) is 1.88. The molecule has 70 valence electrons. The van der Waals surface area contributed by atoms with Crippen LogP contribution in [0.25, 0.3) is 0 Å². The molecule has 1 aromatic heterocycles. The second-order valence-corrected chi connectivity index (χ2v) is 4.81. The molecule has 0 bridgehead atoms. The molecule has 0 aliphatic heterocycles. The summed E-state index contributed by atoms with van der Waals surface area (Å²) in [5.74, 6) is 0.109. The van der Waals surface area contributed by atoms with Crippen molar-refractivity contribution in [3.63, 3.8) is 0 Å². The zero-order valence-electron chi connectivity index (χ0n) is 7.54. The van der Waals surface area contributed by atoms with Gasteiger partial charge in [-0.25, -0.2) is 0 Å². The van der Waals surface area contributed by atoms with Crippen molar-refractivity contribution < 1.29 is 9.90 Å². The summed E-state index contributed by atoms with van der Waals surface area (Å²) in [5, 5.41) is 11.1. The number of fused-ring (bicyclic) bond motifs is 1.